The molecule has 2 heterocycles. The Bertz CT molecular complexity index is 978. The number of carbonyl (C=O) groups excluding carboxylic acids is 1. The summed E-state index contributed by atoms with van der Waals surface area (Å²) in [6, 6.07) is 7.79. The third-order valence-electron chi connectivity index (χ3n) is 4.22. The number of aryl methyl sites for hydroxylation is 2. The van der Waals surface area contributed by atoms with E-state index in [0.29, 0.717) is 5.75 Å². The zero-order valence-corrected chi connectivity index (χ0v) is 17.1. The Kier molecular flexibility index (Phi) is 5.32. The minimum absolute atomic E-state index is 0.0860. The molecule has 1 amide bonds. The van der Waals surface area contributed by atoms with Gasteiger partial charge in [-0.2, -0.15) is 5.10 Å². The van der Waals surface area contributed by atoms with Crippen LogP contribution in [0.15, 0.2) is 34.7 Å². The summed E-state index contributed by atoms with van der Waals surface area (Å²) in [4.78, 5) is 17.4. The molecule has 1 aromatic carbocycles. The standard InChI is InChI=1S/C20H24N4O2S/c1-13-12-27-19-22-14(2)17(24(13)19)10-21-23-18(25)11-26-16-8-6-15(7-9-16)20(3,4)5/h6-10,12H,11H2,1-5H3,(H,23,25)/b21-10-. The maximum Gasteiger partial charge on any atom is 0.277 e. The number of rotatable bonds is 5. The average molecular weight is 385 g/mol. The number of hydrazone groups is 1. The molecule has 3 rings (SSSR count). The number of benzene rings is 1. The number of hydrogen-bond donors (Lipinski definition) is 1. The van der Waals surface area contributed by atoms with Crippen molar-refractivity contribution >= 4 is 28.4 Å². The molecule has 0 saturated heterocycles. The lowest BCUT2D eigenvalue weighted by molar-refractivity contribution is -0.123. The number of carbonyl (C=O) groups is 1. The number of amides is 1. The fraction of sp³-hybridized carbons (Fsp3) is 0.350. The molecule has 0 fully saturated rings. The first-order chi connectivity index (χ1) is 12.8. The maximum atomic E-state index is 12.0. The Balaban J connectivity index is 1.56. The van der Waals surface area contributed by atoms with Crippen molar-refractivity contribution in [3.05, 3.63) is 52.3 Å². The van der Waals surface area contributed by atoms with Crippen molar-refractivity contribution in [3.63, 3.8) is 0 Å². The molecule has 27 heavy (non-hydrogen) atoms. The number of hydrogen-bond acceptors (Lipinski definition) is 5. The van der Waals surface area contributed by atoms with Crippen LogP contribution in [-0.4, -0.2) is 28.1 Å². The number of aromatic nitrogens is 2. The van der Waals surface area contributed by atoms with Crippen molar-refractivity contribution in [2.24, 2.45) is 5.10 Å². The van der Waals surface area contributed by atoms with Crippen LogP contribution >= 0.6 is 11.3 Å². The SMILES string of the molecule is Cc1nc2scc(C)n2c1/C=N\NC(=O)COc1ccc(C(C)(C)C)cc1. The summed E-state index contributed by atoms with van der Waals surface area (Å²) in [5, 5.41) is 6.08. The van der Waals surface area contributed by atoms with Crippen LogP contribution in [0.3, 0.4) is 0 Å². The maximum absolute atomic E-state index is 12.0. The fourth-order valence-electron chi connectivity index (χ4n) is 2.68. The molecule has 0 bridgehead atoms. The van der Waals surface area contributed by atoms with Gasteiger partial charge in [0.05, 0.1) is 17.6 Å². The van der Waals surface area contributed by atoms with Gasteiger partial charge >= 0.3 is 0 Å². The second-order valence-electron chi connectivity index (χ2n) is 7.43. The minimum Gasteiger partial charge on any atom is -0.484 e. The molecule has 0 atom stereocenters. The monoisotopic (exact) mass is 384 g/mol. The Morgan fingerprint density at radius 1 is 1.30 bits per heavy atom. The minimum atomic E-state index is -0.313. The fourth-order valence-corrected chi connectivity index (χ4v) is 3.59. The predicted octanol–water partition coefficient (Wildman–Crippen LogP) is 3.84. The van der Waals surface area contributed by atoms with E-state index in [1.807, 2.05) is 47.9 Å². The molecule has 6 nitrogen and oxygen atoms in total. The van der Waals surface area contributed by atoms with E-state index in [1.165, 1.54) is 5.56 Å². The zero-order valence-electron chi connectivity index (χ0n) is 16.2. The third-order valence-corrected chi connectivity index (χ3v) is 5.16. The molecule has 3 aromatic rings. The number of nitrogens with one attached hydrogen (secondary N) is 1. The number of fused-ring (bicyclic) bond motifs is 1. The molecule has 0 aliphatic carbocycles. The summed E-state index contributed by atoms with van der Waals surface area (Å²) in [7, 11) is 0. The van der Waals surface area contributed by atoms with Crippen LogP contribution in [0.4, 0.5) is 0 Å². The molecular formula is C20H24N4O2S. The lowest BCUT2D eigenvalue weighted by atomic mass is 9.87. The number of thiazole rings is 1. The highest BCUT2D eigenvalue weighted by atomic mass is 32.1. The summed E-state index contributed by atoms with van der Waals surface area (Å²) >= 11 is 1.58. The molecular weight excluding hydrogens is 360 g/mol. The number of imidazole rings is 1. The largest absolute Gasteiger partial charge is 0.484 e. The summed E-state index contributed by atoms with van der Waals surface area (Å²) in [6.07, 6.45) is 1.62. The number of ether oxygens (including phenoxy) is 1. The molecule has 7 heteroatoms. The first kappa shape index (κ1) is 19.1. The first-order valence-corrected chi connectivity index (χ1v) is 9.62. The van der Waals surface area contributed by atoms with Crippen LogP contribution in [0.2, 0.25) is 0 Å². The highest BCUT2D eigenvalue weighted by molar-refractivity contribution is 7.15. The van der Waals surface area contributed by atoms with E-state index < -0.39 is 0 Å². The quantitative estimate of drug-likeness (QED) is 0.537. The van der Waals surface area contributed by atoms with E-state index in [4.69, 9.17) is 4.74 Å². The second kappa shape index (κ2) is 7.52. The van der Waals surface area contributed by atoms with E-state index in [1.54, 1.807) is 17.6 Å². The second-order valence-corrected chi connectivity index (χ2v) is 8.27. The predicted molar refractivity (Wildman–Crippen MR) is 109 cm³/mol. The highest BCUT2D eigenvalue weighted by Crippen LogP contribution is 2.24. The molecule has 0 spiro atoms. The smallest absolute Gasteiger partial charge is 0.277 e. The summed E-state index contributed by atoms with van der Waals surface area (Å²) in [5.41, 5.74) is 6.63. The van der Waals surface area contributed by atoms with Crippen LogP contribution in [0, 0.1) is 13.8 Å². The summed E-state index contributed by atoms with van der Waals surface area (Å²) in [5.74, 6) is 0.343. The van der Waals surface area contributed by atoms with Gasteiger partial charge in [-0.25, -0.2) is 10.4 Å². The van der Waals surface area contributed by atoms with E-state index in [9.17, 15) is 4.79 Å². The third kappa shape index (κ3) is 4.36. The molecule has 1 N–H and O–H groups in total. The number of nitrogens with zero attached hydrogens (tertiary/aromatic N) is 3. The van der Waals surface area contributed by atoms with E-state index in [-0.39, 0.29) is 17.9 Å². The van der Waals surface area contributed by atoms with Gasteiger partial charge in [0, 0.05) is 11.1 Å². The first-order valence-electron chi connectivity index (χ1n) is 8.74. The average Bonchev–Trinajstić information content (AvgIpc) is 3.12. The van der Waals surface area contributed by atoms with Gasteiger partial charge in [0.25, 0.3) is 5.91 Å². The van der Waals surface area contributed by atoms with Crippen molar-refractivity contribution < 1.29 is 9.53 Å². The van der Waals surface area contributed by atoms with Gasteiger partial charge in [-0.3, -0.25) is 9.20 Å². The van der Waals surface area contributed by atoms with Crippen molar-refractivity contribution in [2.75, 3.05) is 6.61 Å². The van der Waals surface area contributed by atoms with Crippen LogP contribution in [0.25, 0.3) is 4.96 Å². The van der Waals surface area contributed by atoms with Crippen LogP contribution in [-0.2, 0) is 10.2 Å². The Hall–Kier alpha value is -2.67. The van der Waals surface area contributed by atoms with Gasteiger partial charge in [0.15, 0.2) is 11.6 Å². The van der Waals surface area contributed by atoms with Gasteiger partial charge in [-0.1, -0.05) is 32.9 Å². The molecule has 2 aromatic heterocycles. The Labute approximate surface area is 162 Å². The van der Waals surface area contributed by atoms with E-state index in [0.717, 1.165) is 22.0 Å². The summed E-state index contributed by atoms with van der Waals surface area (Å²) < 4.78 is 7.54. The van der Waals surface area contributed by atoms with Crippen molar-refractivity contribution in [1.29, 1.82) is 0 Å². The van der Waals surface area contributed by atoms with Gasteiger partial charge in [-0.05, 0) is 37.0 Å². The van der Waals surface area contributed by atoms with Crippen molar-refractivity contribution in [2.45, 2.75) is 40.0 Å². The molecule has 0 saturated carbocycles. The van der Waals surface area contributed by atoms with Gasteiger partial charge in [0.1, 0.15) is 5.75 Å². The normalized spacial score (nSPS) is 12.0. The Morgan fingerprint density at radius 3 is 2.67 bits per heavy atom. The van der Waals surface area contributed by atoms with Gasteiger partial charge in [-0.15, -0.1) is 11.3 Å². The van der Waals surface area contributed by atoms with Crippen LogP contribution in [0.5, 0.6) is 5.75 Å². The van der Waals surface area contributed by atoms with Crippen molar-refractivity contribution in [1.82, 2.24) is 14.8 Å². The highest BCUT2D eigenvalue weighted by Gasteiger charge is 2.13. The molecule has 0 unspecified atom stereocenters. The lowest BCUT2D eigenvalue weighted by Crippen LogP contribution is -2.24. The lowest BCUT2D eigenvalue weighted by Gasteiger charge is -2.19. The van der Waals surface area contributed by atoms with Gasteiger partial charge in [0.2, 0.25) is 0 Å². The van der Waals surface area contributed by atoms with E-state index >= 15 is 0 Å². The van der Waals surface area contributed by atoms with E-state index in [2.05, 4.69) is 36.3 Å². The molecule has 0 aliphatic heterocycles. The molecule has 0 radical (unpaired) electrons. The van der Waals surface area contributed by atoms with Crippen LogP contribution < -0.4 is 10.2 Å². The topological polar surface area (TPSA) is 68.0 Å². The van der Waals surface area contributed by atoms with Crippen LogP contribution in [0.1, 0.15) is 43.4 Å². The molecule has 0 aliphatic rings. The van der Waals surface area contributed by atoms with Gasteiger partial charge < -0.3 is 4.74 Å². The Morgan fingerprint density at radius 2 is 2.00 bits per heavy atom. The van der Waals surface area contributed by atoms with Crippen molar-refractivity contribution in [3.8, 4) is 5.75 Å². The molecule has 142 valence electrons. The zero-order chi connectivity index (χ0) is 19.6. The summed E-state index contributed by atoms with van der Waals surface area (Å²) in [6.45, 7) is 10.3.